The molecule has 0 radical (unpaired) electrons. The molecule has 12 heteroatoms. The number of halogens is 1. The number of hydrogen-bond donors (Lipinski definition) is 1. The van der Waals surface area contributed by atoms with Crippen LogP contribution in [0.3, 0.4) is 0 Å². The van der Waals surface area contributed by atoms with Crippen molar-refractivity contribution >= 4 is 38.3 Å². The van der Waals surface area contributed by atoms with Crippen LogP contribution >= 0.6 is 15.9 Å². The molecule has 202 valence electrons. The number of amides is 1. The number of nitrogens with zero attached hydrogens (tertiary/aromatic N) is 1. The van der Waals surface area contributed by atoms with Crippen LogP contribution in [0, 0.1) is 6.92 Å². The van der Waals surface area contributed by atoms with Crippen LogP contribution in [-0.2, 0) is 40.0 Å². The molecule has 1 aliphatic rings. The monoisotopic (exact) mass is 590 g/mol. The van der Waals surface area contributed by atoms with Gasteiger partial charge in [-0.05, 0) is 57.2 Å². The van der Waals surface area contributed by atoms with Crippen molar-refractivity contribution < 1.29 is 36.4 Å². The van der Waals surface area contributed by atoms with E-state index in [0.29, 0.717) is 17.7 Å². The maximum absolute atomic E-state index is 12.7. The van der Waals surface area contributed by atoms with Crippen LogP contribution in [0.15, 0.2) is 30.2 Å². The van der Waals surface area contributed by atoms with Gasteiger partial charge in [0.1, 0.15) is 5.60 Å². The molecule has 1 aliphatic heterocycles. The van der Waals surface area contributed by atoms with Gasteiger partial charge in [0.15, 0.2) is 0 Å². The normalized spacial score (nSPS) is 16.3. The molecule has 1 aromatic rings. The van der Waals surface area contributed by atoms with Crippen LogP contribution in [0.2, 0.25) is 0 Å². The minimum Gasteiger partial charge on any atom is -0.469 e. The Kier molecular flexibility index (Phi) is 11.0. The van der Waals surface area contributed by atoms with Crippen molar-refractivity contribution in [3.8, 4) is 0 Å². The lowest BCUT2D eigenvalue weighted by atomic mass is 9.98. The van der Waals surface area contributed by atoms with Crippen molar-refractivity contribution in [1.82, 2.24) is 9.62 Å². The Morgan fingerprint density at radius 3 is 2.58 bits per heavy atom. The molecule has 1 N–H and O–H groups in total. The third-order valence-electron chi connectivity index (χ3n) is 5.15. The molecule has 2 rings (SSSR count). The Balaban J connectivity index is 2.21. The maximum atomic E-state index is 12.7. The van der Waals surface area contributed by atoms with Gasteiger partial charge < -0.3 is 23.7 Å². The van der Waals surface area contributed by atoms with Gasteiger partial charge in [-0.3, -0.25) is 4.79 Å². The summed E-state index contributed by atoms with van der Waals surface area (Å²) >= 11 is 3.34. The third-order valence-corrected chi connectivity index (χ3v) is 7.00. The van der Waals surface area contributed by atoms with Gasteiger partial charge in [0, 0.05) is 24.5 Å². The first-order valence-electron chi connectivity index (χ1n) is 11.6. The lowest BCUT2D eigenvalue weighted by molar-refractivity contribution is -0.141. The lowest BCUT2D eigenvalue weighted by Gasteiger charge is -2.27. The smallest absolute Gasteiger partial charge is 0.408 e. The number of carbonyl (C=O) groups excluding carboxylic acids is 2. The van der Waals surface area contributed by atoms with Gasteiger partial charge in [-0.1, -0.05) is 34.1 Å². The number of methoxy groups -OCH3 is 1. The predicted molar refractivity (Wildman–Crippen MR) is 137 cm³/mol. The molecule has 36 heavy (non-hydrogen) atoms. The molecule has 0 bridgehead atoms. The van der Waals surface area contributed by atoms with Gasteiger partial charge in [-0.25, -0.2) is 4.79 Å². The van der Waals surface area contributed by atoms with E-state index < -0.39 is 34.0 Å². The van der Waals surface area contributed by atoms with Crippen LogP contribution < -0.4 is 5.32 Å². The minimum absolute atomic E-state index is 0.0222. The fourth-order valence-corrected chi connectivity index (χ4v) is 4.65. The van der Waals surface area contributed by atoms with Crippen LogP contribution in [0.25, 0.3) is 0 Å². The average Bonchev–Trinajstić information content (AvgIpc) is 2.77. The summed E-state index contributed by atoms with van der Waals surface area (Å²) in [5.41, 5.74) is 1.42. The molecular formula is C24H35BrN2O8S. The van der Waals surface area contributed by atoms with E-state index in [2.05, 4.69) is 21.2 Å². The largest absolute Gasteiger partial charge is 0.469 e. The molecule has 1 aromatic carbocycles. The third kappa shape index (κ3) is 9.62. The Labute approximate surface area is 221 Å². The summed E-state index contributed by atoms with van der Waals surface area (Å²) in [6.45, 7) is 7.54. The van der Waals surface area contributed by atoms with E-state index in [1.807, 2.05) is 6.92 Å². The van der Waals surface area contributed by atoms with Crippen LogP contribution in [0.5, 0.6) is 0 Å². The van der Waals surface area contributed by atoms with Crippen molar-refractivity contribution in [3.05, 3.63) is 46.9 Å². The number of rotatable bonds is 11. The summed E-state index contributed by atoms with van der Waals surface area (Å²) in [7, 11) is -2.79. The van der Waals surface area contributed by atoms with Gasteiger partial charge in [0.05, 0.1) is 26.2 Å². The summed E-state index contributed by atoms with van der Waals surface area (Å²) in [5, 5.41) is 3.55. The standard InChI is InChI=1S/C24H35BrN2O8S/c1-17-8-9-18(20(15-21(28)32-5)26-23(29)34-24(2,3)4)14-19(17)16-27-12-10-22(35-36(27,30)31)33-13-7-6-11-25/h8-10,14,20H,6-7,11-13,15-16H2,1-5H3,(H,26,29). The van der Waals surface area contributed by atoms with E-state index in [1.54, 1.807) is 45.0 Å². The quantitative estimate of drug-likeness (QED) is 0.231. The highest BCUT2D eigenvalue weighted by Crippen LogP contribution is 2.25. The Morgan fingerprint density at radius 2 is 1.97 bits per heavy atom. The van der Waals surface area contributed by atoms with Gasteiger partial charge in [-0.15, -0.1) is 0 Å². The minimum atomic E-state index is -4.06. The number of esters is 1. The Morgan fingerprint density at radius 1 is 1.25 bits per heavy atom. The van der Waals surface area contributed by atoms with E-state index >= 15 is 0 Å². The van der Waals surface area contributed by atoms with Crippen LogP contribution in [-0.4, -0.2) is 56.0 Å². The van der Waals surface area contributed by atoms with Gasteiger partial charge >= 0.3 is 22.4 Å². The zero-order valence-corrected chi connectivity index (χ0v) is 23.7. The van der Waals surface area contributed by atoms with E-state index in [1.165, 1.54) is 11.4 Å². The highest BCUT2D eigenvalue weighted by molar-refractivity contribution is 9.09. The number of alkyl halides is 1. The molecule has 1 unspecified atom stereocenters. The number of carbonyl (C=O) groups is 2. The first kappa shape index (κ1) is 29.9. The highest BCUT2D eigenvalue weighted by atomic mass is 79.9. The zero-order valence-electron chi connectivity index (χ0n) is 21.3. The summed E-state index contributed by atoms with van der Waals surface area (Å²) in [6.07, 6.45) is 2.45. The zero-order chi connectivity index (χ0) is 26.9. The van der Waals surface area contributed by atoms with Crippen molar-refractivity contribution in [1.29, 1.82) is 0 Å². The van der Waals surface area contributed by atoms with E-state index in [9.17, 15) is 18.0 Å². The molecule has 0 spiro atoms. The Bertz CT molecular complexity index is 1050. The summed E-state index contributed by atoms with van der Waals surface area (Å²) in [6, 6.07) is 4.59. The van der Waals surface area contributed by atoms with E-state index in [0.717, 1.165) is 23.7 Å². The number of aryl methyl sites for hydroxylation is 1. The number of alkyl carbamates (subject to hydrolysis) is 1. The van der Waals surface area contributed by atoms with Gasteiger partial charge in [-0.2, -0.15) is 12.7 Å². The highest BCUT2D eigenvalue weighted by Gasteiger charge is 2.31. The van der Waals surface area contributed by atoms with Crippen LogP contribution in [0.1, 0.15) is 62.8 Å². The van der Waals surface area contributed by atoms with Gasteiger partial charge in [0.2, 0.25) is 0 Å². The fraction of sp³-hybridized carbons (Fsp3) is 0.583. The average molecular weight is 592 g/mol. The summed E-state index contributed by atoms with van der Waals surface area (Å²) < 4.78 is 47.3. The number of nitrogens with one attached hydrogen (secondary N) is 1. The molecule has 1 heterocycles. The molecule has 0 aromatic heterocycles. The fourth-order valence-electron chi connectivity index (χ4n) is 3.27. The molecule has 0 saturated carbocycles. The van der Waals surface area contributed by atoms with Crippen molar-refractivity contribution in [2.75, 3.05) is 25.6 Å². The first-order valence-corrected chi connectivity index (χ1v) is 14.1. The van der Waals surface area contributed by atoms with E-state index in [4.69, 9.17) is 18.4 Å². The second-order valence-corrected chi connectivity index (χ2v) is 11.6. The van der Waals surface area contributed by atoms with Crippen molar-refractivity contribution in [2.45, 2.75) is 65.1 Å². The predicted octanol–water partition coefficient (Wildman–Crippen LogP) is 4.23. The van der Waals surface area contributed by atoms with Crippen LogP contribution in [0.4, 0.5) is 4.79 Å². The molecule has 0 aliphatic carbocycles. The summed E-state index contributed by atoms with van der Waals surface area (Å²) in [5.74, 6) is -0.537. The molecule has 1 amide bonds. The van der Waals surface area contributed by atoms with Gasteiger partial charge in [0.25, 0.3) is 5.95 Å². The van der Waals surface area contributed by atoms with E-state index in [-0.39, 0.29) is 25.5 Å². The first-order chi connectivity index (χ1) is 16.8. The Hall–Kier alpha value is -2.31. The SMILES string of the molecule is COC(=O)CC(NC(=O)OC(C)(C)C)c1ccc(C)c(CN2CC=C(OCCCCBr)OS2(=O)=O)c1. The molecule has 0 saturated heterocycles. The topological polar surface area (TPSA) is 120 Å². The molecular weight excluding hydrogens is 556 g/mol. The molecule has 0 fully saturated rings. The second-order valence-electron chi connectivity index (χ2n) is 9.27. The number of hydrogen-bond acceptors (Lipinski definition) is 8. The van der Waals surface area contributed by atoms with Crippen molar-refractivity contribution in [3.63, 3.8) is 0 Å². The van der Waals surface area contributed by atoms with Crippen molar-refractivity contribution in [2.24, 2.45) is 0 Å². The number of ether oxygens (including phenoxy) is 3. The summed E-state index contributed by atoms with van der Waals surface area (Å²) in [4.78, 5) is 24.4. The number of unbranched alkanes of at least 4 members (excludes halogenated alkanes) is 1. The second kappa shape index (κ2) is 13.3. The maximum Gasteiger partial charge on any atom is 0.408 e. The molecule has 1 atom stereocenters. The lowest BCUT2D eigenvalue weighted by Crippen LogP contribution is -2.37. The number of benzene rings is 1. The molecule has 10 nitrogen and oxygen atoms in total.